The highest BCUT2D eigenvalue weighted by Crippen LogP contribution is 2.37. The van der Waals surface area contributed by atoms with E-state index in [0.29, 0.717) is 19.8 Å². The standard InChI is InChI=1S/C41H44N8O4/c1-3-31(2)49-40(50)47(30-44-49)37-15-13-35(14-16-37)45-23-25-46(26-24-45)36-17-19-38(20-18-36)51-27-39-28-52-41(53-39,29-48-42-21-22-43-48)34-11-9-33(10-12-34)32-7-5-4-6-8-32/h4-22,30-31,39H,3,23-29H2,1-2H3/t31?,39-,41-/m1/s1. The molecular formula is C41H44N8O4. The summed E-state index contributed by atoms with van der Waals surface area (Å²) in [6.45, 7) is 8.70. The van der Waals surface area contributed by atoms with E-state index in [9.17, 15) is 4.79 Å². The van der Waals surface area contributed by atoms with E-state index < -0.39 is 5.79 Å². The summed E-state index contributed by atoms with van der Waals surface area (Å²) in [4.78, 5) is 19.2. The first kappa shape index (κ1) is 34.4. The van der Waals surface area contributed by atoms with Crippen molar-refractivity contribution in [1.29, 1.82) is 0 Å². The lowest BCUT2D eigenvalue weighted by atomic mass is 10.00. The molecule has 0 bridgehead atoms. The van der Waals surface area contributed by atoms with Crippen molar-refractivity contribution in [3.63, 3.8) is 0 Å². The molecule has 2 aliphatic heterocycles. The van der Waals surface area contributed by atoms with Crippen LogP contribution in [-0.4, -0.2) is 74.8 Å². The molecule has 12 heteroatoms. The van der Waals surface area contributed by atoms with Crippen LogP contribution in [0.3, 0.4) is 0 Å². The maximum atomic E-state index is 12.8. The summed E-state index contributed by atoms with van der Waals surface area (Å²) in [6.07, 6.45) is 5.49. The molecule has 12 nitrogen and oxygen atoms in total. The lowest BCUT2D eigenvalue weighted by Crippen LogP contribution is -2.46. The zero-order valence-electron chi connectivity index (χ0n) is 30.1. The minimum absolute atomic E-state index is 0.0678. The van der Waals surface area contributed by atoms with Crippen LogP contribution in [0.2, 0.25) is 0 Å². The first-order valence-corrected chi connectivity index (χ1v) is 18.3. The van der Waals surface area contributed by atoms with E-state index in [1.54, 1.807) is 32.8 Å². The van der Waals surface area contributed by atoms with E-state index in [-0.39, 0.29) is 17.8 Å². The van der Waals surface area contributed by atoms with Gasteiger partial charge < -0.3 is 24.0 Å². The van der Waals surface area contributed by atoms with Crippen LogP contribution >= 0.6 is 0 Å². The van der Waals surface area contributed by atoms with Crippen molar-refractivity contribution in [3.8, 4) is 22.6 Å². The van der Waals surface area contributed by atoms with E-state index >= 15 is 0 Å². The van der Waals surface area contributed by atoms with Gasteiger partial charge in [-0.3, -0.25) is 0 Å². The molecule has 4 heterocycles. The number of hydrogen-bond acceptors (Lipinski definition) is 9. The smallest absolute Gasteiger partial charge is 0.350 e. The number of piperazine rings is 1. The van der Waals surface area contributed by atoms with Crippen molar-refractivity contribution in [2.24, 2.45) is 0 Å². The van der Waals surface area contributed by atoms with Crippen LogP contribution in [0.1, 0.15) is 31.9 Å². The van der Waals surface area contributed by atoms with E-state index in [1.165, 1.54) is 0 Å². The van der Waals surface area contributed by atoms with Gasteiger partial charge in [0.05, 0.1) is 30.7 Å². The SMILES string of the molecule is CCC(C)n1ncn(-c2ccc(N3CCN(c4ccc(OC[C@@H]5CO[C@@](Cn6nccn6)(c6ccc(-c7ccccc7)cc6)O5)cc4)CC3)cc2)c1=O. The number of ether oxygens (including phenoxy) is 3. The molecule has 0 N–H and O–H groups in total. The van der Waals surface area contributed by atoms with Crippen LogP contribution in [0.4, 0.5) is 11.4 Å². The van der Waals surface area contributed by atoms with Gasteiger partial charge in [-0.2, -0.15) is 20.1 Å². The number of hydrogen-bond donors (Lipinski definition) is 0. The van der Waals surface area contributed by atoms with E-state index in [4.69, 9.17) is 14.2 Å². The Hall–Kier alpha value is -5.72. The molecule has 3 atom stereocenters. The first-order valence-electron chi connectivity index (χ1n) is 18.3. The molecule has 1 unspecified atom stereocenters. The molecule has 0 saturated carbocycles. The predicted octanol–water partition coefficient (Wildman–Crippen LogP) is 5.94. The summed E-state index contributed by atoms with van der Waals surface area (Å²) < 4.78 is 22.4. The van der Waals surface area contributed by atoms with Crippen molar-refractivity contribution in [2.75, 3.05) is 49.2 Å². The second-order valence-corrected chi connectivity index (χ2v) is 13.6. The zero-order valence-corrected chi connectivity index (χ0v) is 30.1. The summed E-state index contributed by atoms with van der Waals surface area (Å²) in [6, 6.07) is 35.1. The molecule has 0 amide bonds. The zero-order chi connectivity index (χ0) is 36.2. The average Bonchev–Trinajstić information content (AvgIpc) is 3.99. The molecule has 272 valence electrons. The minimum Gasteiger partial charge on any atom is -0.491 e. The number of rotatable bonds is 12. The van der Waals surface area contributed by atoms with Gasteiger partial charge in [0.2, 0.25) is 5.79 Å². The molecule has 0 aliphatic carbocycles. The lowest BCUT2D eigenvalue weighted by molar-refractivity contribution is -0.192. The molecule has 2 aromatic heterocycles. The van der Waals surface area contributed by atoms with Gasteiger partial charge in [0.15, 0.2) is 0 Å². The summed E-state index contributed by atoms with van der Waals surface area (Å²) in [7, 11) is 0. The Morgan fingerprint density at radius 1 is 0.774 bits per heavy atom. The highest BCUT2D eigenvalue weighted by Gasteiger charge is 2.44. The van der Waals surface area contributed by atoms with Crippen LogP contribution in [0.5, 0.6) is 5.75 Å². The van der Waals surface area contributed by atoms with E-state index in [1.807, 2.05) is 49.4 Å². The van der Waals surface area contributed by atoms with Crippen LogP contribution < -0.4 is 20.2 Å². The third kappa shape index (κ3) is 7.33. The van der Waals surface area contributed by atoms with Crippen LogP contribution in [-0.2, 0) is 21.8 Å². The number of aromatic nitrogens is 6. The van der Waals surface area contributed by atoms with Gasteiger partial charge in [0.1, 0.15) is 31.3 Å². The van der Waals surface area contributed by atoms with Crippen molar-refractivity contribution in [3.05, 3.63) is 138 Å². The molecule has 8 rings (SSSR count). The van der Waals surface area contributed by atoms with Crippen LogP contribution in [0.15, 0.2) is 127 Å². The second-order valence-electron chi connectivity index (χ2n) is 13.6. The summed E-state index contributed by atoms with van der Waals surface area (Å²) in [5, 5.41) is 12.9. The maximum absolute atomic E-state index is 12.8. The molecule has 53 heavy (non-hydrogen) atoms. The van der Waals surface area contributed by atoms with Crippen LogP contribution in [0, 0.1) is 0 Å². The Labute approximate surface area is 308 Å². The summed E-state index contributed by atoms with van der Waals surface area (Å²) in [5.74, 6) is -0.254. The van der Waals surface area contributed by atoms with Crippen molar-refractivity contribution < 1.29 is 14.2 Å². The minimum atomic E-state index is -1.03. The van der Waals surface area contributed by atoms with Gasteiger partial charge in [-0.05, 0) is 73.0 Å². The Morgan fingerprint density at radius 3 is 2.02 bits per heavy atom. The Kier molecular flexibility index (Phi) is 9.79. The molecular weight excluding hydrogens is 669 g/mol. The van der Waals surface area contributed by atoms with Gasteiger partial charge in [0, 0.05) is 43.1 Å². The molecule has 2 aliphatic rings. The molecule has 2 saturated heterocycles. The Balaban J connectivity index is 0.853. The maximum Gasteiger partial charge on any atom is 0.350 e. The Bertz CT molecular complexity index is 2130. The molecule has 0 spiro atoms. The highest BCUT2D eigenvalue weighted by atomic mass is 16.8. The average molecular weight is 713 g/mol. The van der Waals surface area contributed by atoms with Gasteiger partial charge >= 0.3 is 5.69 Å². The number of benzene rings is 4. The van der Waals surface area contributed by atoms with Gasteiger partial charge in [-0.1, -0.05) is 61.5 Å². The molecule has 0 radical (unpaired) electrons. The molecule has 4 aromatic carbocycles. The highest BCUT2D eigenvalue weighted by molar-refractivity contribution is 5.63. The van der Waals surface area contributed by atoms with Crippen molar-refractivity contribution in [2.45, 2.75) is 44.7 Å². The quantitative estimate of drug-likeness (QED) is 0.153. The molecule has 2 fully saturated rings. The Morgan fingerprint density at radius 2 is 1.38 bits per heavy atom. The van der Waals surface area contributed by atoms with E-state index in [2.05, 4.69) is 92.7 Å². The third-order valence-electron chi connectivity index (χ3n) is 10.2. The fourth-order valence-corrected chi connectivity index (χ4v) is 6.99. The number of nitrogens with zero attached hydrogens (tertiary/aromatic N) is 8. The lowest BCUT2D eigenvalue weighted by Gasteiger charge is -2.37. The van der Waals surface area contributed by atoms with Crippen molar-refractivity contribution >= 4 is 11.4 Å². The van der Waals surface area contributed by atoms with Crippen molar-refractivity contribution in [1.82, 2.24) is 29.3 Å². The topological polar surface area (TPSA) is 105 Å². The monoisotopic (exact) mass is 712 g/mol. The molecule has 6 aromatic rings. The first-order chi connectivity index (χ1) is 26.0. The fraction of sp³-hybridized carbons (Fsp3) is 0.317. The van der Waals surface area contributed by atoms with Gasteiger partial charge in [-0.25, -0.2) is 14.0 Å². The van der Waals surface area contributed by atoms with Gasteiger partial charge in [0.25, 0.3) is 0 Å². The summed E-state index contributed by atoms with van der Waals surface area (Å²) in [5.41, 5.74) is 6.19. The van der Waals surface area contributed by atoms with Gasteiger partial charge in [-0.15, -0.1) is 0 Å². The summed E-state index contributed by atoms with van der Waals surface area (Å²) >= 11 is 0. The van der Waals surface area contributed by atoms with E-state index in [0.717, 1.165) is 72.1 Å². The second kappa shape index (κ2) is 15.1. The normalized spacial score (nSPS) is 19.4. The largest absolute Gasteiger partial charge is 0.491 e. The third-order valence-corrected chi connectivity index (χ3v) is 10.2. The predicted molar refractivity (Wildman–Crippen MR) is 204 cm³/mol. The van der Waals surface area contributed by atoms with Crippen LogP contribution in [0.25, 0.3) is 16.8 Å². The number of anilines is 2. The fourth-order valence-electron chi connectivity index (χ4n) is 6.99.